The second-order valence-electron chi connectivity index (χ2n) is 5.46. The van der Waals surface area contributed by atoms with Gasteiger partial charge in [-0.25, -0.2) is 0 Å². The van der Waals surface area contributed by atoms with Gasteiger partial charge in [0.15, 0.2) is 0 Å². The summed E-state index contributed by atoms with van der Waals surface area (Å²) in [5, 5.41) is 3.47. The van der Waals surface area contributed by atoms with Gasteiger partial charge in [-0.1, -0.05) is 32.0 Å². The molecule has 0 spiro atoms. The van der Waals surface area contributed by atoms with E-state index in [4.69, 9.17) is 4.74 Å². The van der Waals surface area contributed by atoms with E-state index >= 15 is 0 Å². The SMILES string of the molecule is COc1ccccc1CCN(C)CCNCC(C)C. The third kappa shape index (κ3) is 6.60. The van der Waals surface area contributed by atoms with E-state index in [1.54, 1.807) is 7.11 Å². The minimum Gasteiger partial charge on any atom is -0.496 e. The Balaban J connectivity index is 2.24. The van der Waals surface area contributed by atoms with E-state index < -0.39 is 0 Å². The Kier molecular flexibility index (Phi) is 7.53. The van der Waals surface area contributed by atoms with Gasteiger partial charge < -0.3 is 15.0 Å². The van der Waals surface area contributed by atoms with Gasteiger partial charge >= 0.3 is 0 Å². The first-order valence-corrected chi connectivity index (χ1v) is 7.14. The summed E-state index contributed by atoms with van der Waals surface area (Å²) >= 11 is 0. The maximum atomic E-state index is 5.37. The van der Waals surface area contributed by atoms with E-state index in [-0.39, 0.29) is 0 Å². The highest BCUT2D eigenvalue weighted by Crippen LogP contribution is 2.17. The van der Waals surface area contributed by atoms with Gasteiger partial charge in [-0.2, -0.15) is 0 Å². The topological polar surface area (TPSA) is 24.5 Å². The Labute approximate surface area is 118 Å². The first-order chi connectivity index (χ1) is 9.13. The van der Waals surface area contributed by atoms with Crippen LogP contribution in [0.3, 0.4) is 0 Å². The molecule has 108 valence electrons. The molecule has 1 N–H and O–H groups in total. The van der Waals surface area contributed by atoms with Crippen molar-refractivity contribution in [1.82, 2.24) is 10.2 Å². The van der Waals surface area contributed by atoms with Crippen molar-refractivity contribution in [2.45, 2.75) is 20.3 Å². The third-order valence-electron chi connectivity index (χ3n) is 3.18. The zero-order valence-corrected chi connectivity index (χ0v) is 12.8. The van der Waals surface area contributed by atoms with E-state index in [9.17, 15) is 0 Å². The van der Waals surface area contributed by atoms with Crippen LogP contribution in [0.2, 0.25) is 0 Å². The molecule has 0 heterocycles. The summed E-state index contributed by atoms with van der Waals surface area (Å²) in [7, 11) is 3.91. The highest BCUT2D eigenvalue weighted by molar-refractivity contribution is 5.33. The van der Waals surface area contributed by atoms with Gasteiger partial charge in [0.2, 0.25) is 0 Å². The number of para-hydroxylation sites is 1. The molecule has 1 aromatic carbocycles. The summed E-state index contributed by atoms with van der Waals surface area (Å²) in [5.74, 6) is 1.72. The largest absolute Gasteiger partial charge is 0.496 e. The number of hydrogen-bond donors (Lipinski definition) is 1. The molecule has 3 heteroatoms. The van der Waals surface area contributed by atoms with Crippen LogP contribution in [0.1, 0.15) is 19.4 Å². The van der Waals surface area contributed by atoms with Gasteiger partial charge in [-0.15, -0.1) is 0 Å². The summed E-state index contributed by atoms with van der Waals surface area (Å²) in [6.07, 6.45) is 1.03. The lowest BCUT2D eigenvalue weighted by molar-refractivity contribution is 0.329. The Hall–Kier alpha value is -1.06. The second-order valence-corrected chi connectivity index (χ2v) is 5.46. The van der Waals surface area contributed by atoms with Gasteiger partial charge in [0.25, 0.3) is 0 Å². The van der Waals surface area contributed by atoms with Crippen molar-refractivity contribution in [1.29, 1.82) is 0 Å². The normalized spacial score (nSPS) is 11.3. The molecule has 0 atom stereocenters. The van der Waals surface area contributed by atoms with Crippen LogP contribution in [0.15, 0.2) is 24.3 Å². The fourth-order valence-electron chi connectivity index (χ4n) is 1.99. The van der Waals surface area contributed by atoms with Crippen LogP contribution in [-0.2, 0) is 6.42 Å². The van der Waals surface area contributed by atoms with Crippen LogP contribution in [0.5, 0.6) is 5.75 Å². The molecule has 0 aliphatic carbocycles. The molecule has 0 fully saturated rings. The molecule has 0 aliphatic rings. The summed E-state index contributed by atoms with van der Waals surface area (Å²) in [6.45, 7) is 8.77. The zero-order valence-electron chi connectivity index (χ0n) is 12.8. The van der Waals surface area contributed by atoms with Crippen molar-refractivity contribution in [3.05, 3.63) is 29.8 Å². The van der Waals surface area contributed by atoms with Crippen LogP contribution in [0.4, 0.5) is 0 Å². The minimum atomic E-state index is 0.721. The fourth-order valence-corrected chi connectivity index (χ4v) is 1.99. The van der Waals surface area contributed by atoms with Gasteiger partial charge in [-0.05, 0) is 37.6 Å². The van der Waals surface area contributed by atoms with Crippen LogP contribution >= 0.6 is 0 Å². The summed E-state index contributed by atoms with van der Waals surface area (Å²) in [4.78, 5) is 2.36. The molecular formula is C16H28N2O. The molecule has 0 bridgehead atoms. The number of likely N-dealkylation sites (N-methyl/N-ethyl adjacent to an activating group) is 1. The Morgan fingerprint density at radius 3 is 2.63 bits per heavy atom. The van der Waals surface area contributed by atoms with Crippen LogP contribution in [0.25, 0.3) is 0 Å². The quantitative estimate of drug-likeness (QED) is 0.693. The number of nitrogens with one attached hydrogen (secondary N) is 1. The number of ether oxygens (including phenoxy) is 1. The van der Waals surface area contributed by atoms with E-state index in [0.29, 0.717) is 0 Å². The predicted molar refractivity (Wildman–Crippen MR) is 81.9 cm³/mol. The second kappa shape index (κ2) is 8.94. The molecule has 0 amide bonds. The summed E-state index contributed by atoms with van der Waals surface area (Å²) in [6, 6.07) is 8.26. The molecule has 1 rings (SSSR count). The number of rotatable bonds is 9. The molecule has 0 aliphatic heterocycles. The molecular weight excluding hydrogens is 236 g/mol. The molecule has 1 aromatic rings. The lowest BCUT2D eigenvalue weighted by Gasteiger charge is -2.18. The van der Waals surface area contributed by atoms with E-state index in [1.807, 2.05) is 12.1 Å². The highest BCUT2D eigenvalue weighted by Gasteiger charge is 2.04. The van der Waals surface area contributed by atoms with Crippen molar-refractivity contribution in [2.24, 2.45) is 5.92 Å². The minimum absolute atomic E-state index is 0.721. The fraction of sp³-hybridized carbons (Fsp3) is 0.625. The van der Waals surface area contributed by atoms with Gasteiger partial charge in [0.05, 0.1) is 7.11 Å². The molecule has 0 unspecified atom stereocenters. The Bertz CT molecular complexity index is 352. The maximum Gasteiger partial charge on any atom is 0.122 e. The predicted octanol–water partition coefficient (Wildman–Crippen LogP) is 2.42. The van der Waals surface area contributed by atoms with Crippen molar-refractivity contribution in [3.8, 4) is 5.75 Å². The third-order valence-corrected chi connectivity index (χ3v) is 3.18. The maximum absolute atomic E-state index is 5.37. The van der Waals surface area contributed by atoms with Gasteiger partial charge in [-0.3, -0.25) is 0 Å². The van der Waals surface area contributed by atoms with Crippen molar-refractivity contribution in [3.63, 3.8) is 0 Å². The van der Waals surface area contributed by atoms with E-state index in [0.717, 1.165) is 44.3 Å². The average Bonchev–Trinajstić information content (AvgIpc) is 2.41. The smallest absolute Gasteiger partial charge is 0.122 e. The van der Waals surface area contributed by atoms with Crippen molar-refractivity contribution >= 4 is 0 Å². The molecule has 0 saturated heterocycles. The molecule has 0 saturated carbocycles. The average molecular weight is 264 g/mol. The van der Waals surface area contributed by atoms with Crippen LogP contribution in [-0.4, -0.2) is 45.2 Å². The van der Waals surface area contributed by atoms with Gasteiger partial charge in [0, 0.05) is 19.6 Å². The van der Waals surface area contributed by atoms with E-state index in [2.05, 4.69) is 43.2 Å². The monoisotopic (exact) mass is 264 g/mol. The number of benzene rings is 1. The lowest BCUT2D eigenvalue weighted by Crippen LogP contribution is -2.32. The standard InChI is InChI=1S/C16H28N2O/c1-14(2)13-17-10-12-18(3)11-9-15-7-5-6-8-16(15)19-4/h5-8,14,17H,9-13H2,1-4H3. The molecule has 3 nitrogen and oxygen atoms in total. The lowest BCUT2D eigenvalue weighted by atomic mass is 10.1. The van der Waals surface area contributed by atoms with Gasteiger partial charge in [0.1, 0.15) is 5.75 Å². The number of nitrogens with zero attached hydrogens (tertiary/aromatic N) is 1. The number of hydrogen-bond acceptors (Lipinski definition) is 3. The van der Waals surface area contributed by atoms with Crippen LogP contribution < -0.4 is 10.1 Å². The van der Waals surface area contributed by atoms with Crippen molar-refractivity contribution in [2.75, 3.05) is 40.3 Å². The molecule has 0 aromatic heterocycles. The number of methoxy groups -OCH3 is 1. The zero-order chi connectivity index (χ0) is 14.1. The first kappa shape index (κ1) is 16.0. The van der Waals surface area contributed by atoms with E-state index in [1.165, 1.54) is 5.56 Å². The molecule has 0 radical (unpaired) electrons. The summed E-state index contributed by atoms with van der Waals surface area (Å²) in [5.41, 5.74) is 1.28. The Morgan fingerprint density at radius 2 is 1.95 bits per heavy atom. The first-order valence-electron chi connectivity index (χ1n) is 7.14. The molecule has 19 heavy (non-hydrogen) atoms. The Morgan fingerprint density at radius 1 is 1.21 bits per heavy atom. The highest BCUT2D eigenvalue weighted by atomic mass is 16.5. The van der Waals surface area contributed by atoms with Crippen molar-refractivity contribution < 1.29 is 4.74 Å². The summed E-state index contributed by atoms with van der Waals surface area (Å²) < 4.78 is 5.37. The van der Waals surface area contributed by atoms with Crippen LogP contribution in [0, 0.1) is 5.92 Å².